The summed E-state index contributed by atoms with van der Waals surface area (Å²) in [6.07, 6.45) is 6.54. The molecule has 17 heavy (non-hydrogen) atoms. The lowest BCUT2D eigenvalue weighted by Gasteiger charge is -2.21. The molecule has 0 atom stereocenters. The molecule has 0 spiro atoms. The topological polar surface area (TPSA) is 12.0 Å². The molecule has 0 aromatic heterocycles. The van der Waals surface area contributed by atoms with Crippen molar-refractivity contribution in [1.29, 1.82) is 0 Å². The average molecular weight is 239 g/mol. The molecule has 1 aromatic rings. The predicted molar refractivity (Wildman–Crippen MR) is 64.6 cm³/mol. The molecular formula is C14H19F2N. The number of hydrogen-bond acceptors (Lipinski definition) is 1. The van der Waals surface area contributed by atoms with Gasteiger partial charge in [0, 0.05) is 18.2 Å². The zero-order valence-electron chi connectivity index (χ0n) is 10.0. The van der Waals surface area contributed by atoms with Crippen LogP contribution in [0.3, 0.4) is 0 Å². The minimum atomic E-state index is -0.515. The molecular weight excluding hydrogens is 220 g/mol. The average Bonchev–Trinajstić information content (AvgIpc) is 2.33. The fourth-order valence-electron chi connectivity index (χ4n) is 2.47. The van der Waals surface area contributed by atoms with E-state index in [2.05, 4.69) is 5.32 Å². The highest BCUT2D eigenvalue weighted by Gasteiger charge is 2.12. The number of hydrogen-bond donors (Lipinski definition) is 1. The molecule has 0 radical (unpaired) electrons. The fourth-order valence-corrected chi connectivity index (χ4v) is 2.47. The van der Waals surface area contributed by atoms with Crippen molar-refractivity contribution in [2.45, 2.75) is 38.6 Å². The third-order valence-electron chi connectivity index (χ3n) is 3.49. The van der Waals surface area contributed by atoms with Crippen LogP contribution in [0, 0.1) is 17.6 Å². The van der Waals surface area contributed by atoms with Crippen molar-refractivity contribution in [2.24, 2.45) is 5.92 Å². The zero-order chi connectivity index (χ0) is 12.1. The van der Waals surface area contributed by atoms with Crippen LogP contribution in [0.15, 0.2) is 18.2 Å². The van der Waals surface area contributed by atoms with Gasteiger partial charge in [-0.25, -0.2) is 8.78 Å². The van der Waals surface area contributed by atoms with Crippen molar-refractivity contribution in [2.75, 3.05) is 6.54 Å². The molecule has 0 unspecified atom stereocenters. The first-order valence-corrected chi connectivity index (χ1v) is 6.40. The van der Waals surface area contributed by atoms with Crippen LogP contribution < -0.4 is 5.32 Å². The van der Waals surface area contributed by atoms with E-state index < -0.39 is 11.6 Å². The Bertz CT molecular complexity index is 359. The molecule has 1 nitrogen and oxygen atoms in total. The minimum Gasteiger partial charge on any atom is -0.312 e. The maximum absolute atomic E-state index is 13.3. The lowest BCUT2D eigenvalue weighted by molar-refractivity contribution is 0.341. The second-order valence-corrected chi connectivity index (χ2v) is 4.87. The third-order valence-corrected chi connectivity index (χ3v) is 3.49. The Labute approximate surface area is 101 Å². The van der Waals surface area contributed by atoms with E-state index in [0.717, 1.165) is 18.5 Å². The Morgan fingerprint density at radius 1 is 1.12 bits per heavy atom. The number of benzene rings is 1. The summed E-state index contributed by atoms with van der Waals surface area (Å²) in [5.41, 5.74) is 0.544. The molecule has 1 aliphatic carbocycles. The van der Waals surface area contributed by atoms with Crippen molar-refractivity contribution in [3.63, 3.8) is 0 Å². The van der Waals surface area contributed by atoms with E-state index in [-0.39, 0.29) is 0 Å². The third kappa shape index (κ3) is 3.77. The van der Waals surface area contributed by atoms with Gasteiger partial charge in [0.2, 0.25) is 0 Å². The fraction of sp³-hybridized carbons (Fsp3) is 0.571. The molecule has 0 bridgehead atoms. The monoisotopic (exact) mass is 239 g/mol. The zero-order valence-corrected chi connectivity index (χ0v) is 10.0. The molecule has 1 fully saturated rings. The number of rotatable bonds is 4. The van der Waals surface area contributed by atoms with Crippen molar-refractivity contribution < 1.29 is 8.78 Å². The highest BCUT2D eigenvalue weighted by molar-refractivity contribution is 5.18. The highest BCUT2D eigenvalue weighted by Crippen LogP contribution is 2.22. The smallest absolute Gasteiger partial charge is 0.130 e. The predicted octanol–water partition coefficient (Wildman–Crippen LogP) is 3.63. The van der Waals surface area contributed by atoms with Crippen LogP contribution in [-0.2, 0) is 6.54 Å². The van der Waals surface area contributed by atoms with Gasteiger partial charge < -0.3 is 5.32 Å². The number of halogens is 2. The molecule has 0 saturated heterocycles. The van der Waals surface area contributed by atoms with Crippen molar-refractivity contribution in [1.82, 2.24) is 5.32 Å². The normalized spacial score (nSPS) is 17.3. The first-order chi connectivity index (χ1) is 8.25. The summed E-state index contributed by atoms with van der Waals surface area (Å²) in [6.45, 7) is 1.43. The van der Waals surface area contributed by atoms with E-state index in [0.29, 0.717) is 12.1 Å². The van der Waals surface area contributed by atoms with Crippen molar-refractivity contribution >= 4 is 0 Å². The summed E-state index contributed by atoms with van der Waals surface area (Å²) in [5.74, 6) is -0.244. The molecule has 94 valence electrons. The van der Waals surface area contributed by atoms with Gasteiger partial charge in [0.05, 0.1) is 0 Å². The van der Waals surface area contributed by atoms with Gasteiger partial charge in [0.1, 0.15) is 11.6 Å². The molecule has 0 heterocycles. The summed E-state index contributed by atoms with van der Waals surface area (Å²) >= 11 is 0. The van der Waals surface area contributed by atoms with Crippen molar-refractivity contribution in [3.8, 4) is 0 Å². The number of nitrogens with one attached hydrogen (secondary N) is 1. The molecule has 1 aliphatic rings. The second-order valence-electron chi connectivity index (χ2n) is 4.87. The van der Waals surface area contributed by atoms with Gasteiger partial charge in [-0.05, 0) is 31.4 Å². The van der Waals surface area contributed by atoms with E-state index >= 15 is 0 Å². The maximum atomic E-state index is 13.3. The van der Waals surface area contributed by atoms with E-state index in [1.54, 1.807) is 0 Å². The van der Waals surface area contributed by atoms with Gasteiger partial charge in [0.15, 0.2) is 0 Å². The highest BCUT2D eigenvalue weighted by atomic mass is 19.1. The summed E-state index contributed by atoms with van der Waals surface area (Å²) in [4.78, 5) is 0. The molecule has 1 N–H and O–H groups in total. The molecule has 1 aromatic carbocycles. The first-order valence-electron chi connectivity index (χ1n) is 6.40. The Hall–Kier alpha value is -0.960. The molecule has 3 heteroatoms. The summed E-state index contributed by atoms with van der Waals surface area (Å²) < 4.78 is 26.0. The Balaban J connectivity index is 1.77. The molecule has 0 amide bonds. The van der Waals surface area contributed by atoms with Gasteiger partial charge in [-0.2, -0.15) is 0 Å². The van der Waals surface area contributed by atoms with Crippen LogP contribution in [-0.4, -0.2) is 6.54 Å². The Morgan fingerprint density at radius 2 is 1.88 bits per heavy atom. The van der Waals surface area contributed by atoms with Crippen LogP contribution in [0.4, 0.5) is 8.78 Å². The van der Waals surface area contributed by atoms with Crippen LogP contribution >= 0.6 is 0 Å². The first kappa shape index (κ1) is 12.5. The summed E-state index contributed by atoms with van der Waals surface area (Å²) in [6, 6.07) is 3.76. The lowest BCUT2D eigenvalue weighted by atomic mass is 9.89. The largest absolute Gasteiger partial charge is 0.312 e. The Morgan fingerprint density at radius 3 is 2.59 bits per heavy atom. The van der Waals surface area contributed by atoms with Gasteiger partial charge in [-0.15, -0.1) is 0 Å². The van der Waals surface area contributed by atoms with E-state index in [4.69, 9.17) is 0 Å². The molecule has 1 saturated carbocycles. The standard InChI is InChI=1S/C14H19F2N/c15-13-7-6-12(14(16)8-13)10-17-9-11-4-2-1-3-5-11/h6-8,11,17H,1-5,9-10H2. The van der Waals surface area contributed by atoms with Crippen LogP contribution in [0.2, 0.25) is 0 Å². The van der Waals surface area contributed by atoms with Crippen LogP contribution in [0.1, 0.15) is 37.7 Å². The van der Waals surface area contributed by atoms with Gasteiger partial charge in [-0.3, -0.25) is 0 Å². The van der Waals surface area contributed by atoms with Crippen LogP contribution in [0.5, 0.6) is 0 Å². The molecule has 2 rings (SSSR count). The maximum Gasteiger partial charge on any atom is 0.130 e. The summed E-state index contributed by atoms with van der Waals surface area (Å²) in [5, 5.41) is 3.27. The van der Waals surface area contributed by atoms with E-state index in [1.165, 1.54) is 44.2 Å². The molecule has 0 aliphatic heterocycles. The van der Waals surface area contributed by atoms with Gasteiger partial charge >= 0.3 is 0 Å². The van der Waals surface area contributed by atoms with E-state index in [9.17, 15) is 8.78 Å². The van der Waals surface area contributed by atoms with Crippen molar-refractivity contribution in [3.05, 3.63) is 35.4 Å². The minimum absolute atomic E-state index is 0.457. The summed E-state index contributed by atoms with van der Waals surface area (Å²) in [7, 11) is 0. The Kier molecular flexibility index (Phi) is 4.49. The SMILES string of the molecule is Fc1ccc(CNCC2CCCCC2)c(F)c1. The van der Waals surface area contributed by atoms with Crippen LogP contribution in [0.25, 0.3) is 0 Å². The van der Waals surface area contributed by atoms with Gasteiger partial charge in [0.25, 0.3) is 0 Å². The second kappa shape index (κ2) is 6.10. The van der Waals surface area contributed by atoms with E-state index in [1.807, 2.05) is 0 Å². The lowest BCUT2D eigenvalue weighted by Crippen LogP contribution is -2.24. The quantitative estimate of drug-likeness (QED) is 0.846. The van der Waals surface area contributed by atoms with Gasteiger partial charge in [-0.1, -0.05) is 25.3 Å².